The molecule has 1 aliphatic heterocycles. The largest absolute Gasteiger partial charge is 0.394 e. The van der Waals surface area contributed by atoms with Crippen molar-refractivity contribution in [2.45, 2.75) is 37.5 Å². The second kappa shape index (κ2) is 10.7. The Morgan fingerprint density at radius 1 is 1.20 bits per heavy atom. The Morgan fingerprint density at radius 2 is 2.00 bits per heavy atom. The Bertz CT molecular complexity index is 835. The molecule has 4 N–H and O–H groups in total. The number of rotatable bonds is 7. The molecule has 3 amide bonds. The molecule has 0 bridgehead atoms. The first kappa shape index (κ1) is 21.7. The summed E-state index contributed by atoms with van der Waals surface area (Å²) in [6.07, 6.45) is 4.33. The highest BCUT2D eigenvalue weighted by molar-refractivity contribution is 5.94. The molecule has 2 heterocycles. The standard InChI is InChI=1S/C21H25FN4O4/c22-15-3-5-16(6-4-15)25-21(29)24-11-9-17-7-8-18(19(13-27)30-17)26-20(28)14-2-1-10-23-12-14/h1-6,10,12,17-19,27H,7-9,11,13H2,(H,26,28)(H2,24,25,29)/t17-,18-,19-/m0/s1. The van der Waals surface area contributed by atoms with Gasteiger partial charge >= 0.3 is 6.03 Å². The summed E-state index contributed by atoms with van der Waals surface area (Å²) in [5.74, 6) is -0.628. The second-order valence-corrected chi connectivity index (χ2v) is 7.05. The summed E-state index contributed by atoms with van der Waals surface area (Å²) in [5, 5.41) is 17.9. The van der Waals surface area contributed by atoms with E-state index >= 15 is 0 Å². The van der Waals surface area contributed by atoms with Gasteiger partial charge in [-0.2, -0.15) is 0 Å². The third-order valence-corrected chi connectivity index (χ3v) is 4.89. The molecule has 9 heteroatoms. The molecule has 2 aromatic rings. The van der Waals surface area contributed by atoms with Gasteiger partial charge in [-0.05, 0) is 55.7 Å². The van der Waals surface area contributed by atoms with E-state index in [9.17, 15) is 19.1 Å². The highest BCUT2D eigenvalue weighted by atomic mass is 19.1. The zero-order valence-corrected chi connectivity index (χ0v) is 16.4. The Labute approximate surface area is 173 Å². The molecule has 3 atom stereocenters. The normalized spacial score (nSPS) is 20.9. The number of aliphatic hydroxyl groups is 1. The van der Waals surface area contributed by atoms with Crippen molar-refractivity contribution in [2.75, 3.05) is 18.5 Å². The maximum atomic E-state index is 12.9. The van der Waals surface area contributed by atoms with Gasteiger partial charge in [-0.25, -0.2) is 9.18 Å². The van der Waals surface area contributed by atoms with Crippen LogP contribution in [0.1, 0.15) is 29.6 Å². The van der Waals surface area contributed by atoms with Gasteiger partial charge in [0.05, 0.1) is 24.3 Å². The number of hydrogen-bond donors (Lipinski definition) is 4. The maximum Gasteiger partial charge on any atom is 0.319 e. The first-order chi connectivity index (χ1) is 14.5. The average Bonchev–Trinajstić information content (AvgIpc) is 2.77. The fourth-order valence-corrected chi connectivity index (χ4v) is 3.31. The number of pyridine rings is 1. The van der Waals surface area contributed by atoms with Crippen LogP contribution >= 0.6 is 0 Å². The second-order valence-electron chi connectivity index (χ2n) is 7.05. The Morgan fingerprint density at radius 3 is 2.70 bits per heavy atom. The van der Waals surface area contributed by atoms with Crippen molar-refractivity contribution < 1.29 is 23.8 Å². The number of carbonyl (C=O) groups is 2. The predicted molar refractivity (Wildman–Crippen MR) is 109 cm³/mol. The van der Waals surface area contributed by atoms with E-state index in [1.165, 1.54) is 30.5 Å². The van der Waals surface area contributed by atoms with E-state index < -0.39 is 12.1 Å². The summed E-state index contributed by atoms with van der Waals surface area (Å²) >= 11 is 0. The highest BCUT2D eigenvalue weighted by Gasteiger charge is 2.32. The SMILES string of the molecule is O=C(NCC[C@@H]1CC[C@H](NC(=O)c2cccnc2)[C@H](CO)O1)Nc1ccc(F)cc1. The summed E-state index contributed by atoms with van der Waals surface area (Å²) in [7, 11) is 0. The van der Waals surface area contributed by atoms with Crippen molar-refractivity contribution in [1.29, 1.82) is 0 Å². The molecule has 160 valence electrons. The molecule has 0 saturated carbocycles. The van der Waals surface area contributed by atoms with E-state index in [2.05, 4.69) is 20.9 Å². The number of hydrogen-bond acceptors (Lipinski definition) is 5. The van der Waals surface area contributed by atoms with Crippen LogP contribution in [-0.4, -0.2) is 53.4 Å². The number of aliphatic hydroxyl groups excluding tert-OH is 1. The van der Waals surface area contributed by atoms with Gasteiger partial charge in [0.2, 0.25) is 0 Å². The van der Waals surface area contributed by atoms with Crippen molar-refractivity contribution in [2.24, 2.45) is 0 Å². The van der Waals surface area contributed by atoms with Gasteiger partial charge in [-0.1, -0.05) is 0 Å². The van der Waals surface area contributed by atoms with E-state index in [1.54, 1.807) is 18.3 Å². The van der Waals surface area contributed by atoms with Gasteiger partial charge in [-0.15, -0.1) is 0 Å². The molecule has 0 unspecified atom stereocenters. The Kier molecular flexibility index (Phi) is 7.69. The van der Waals surface area contributed by atoms with Crippen LogP contribution in [0.4, 0.5) is 14.9 Å². The molecular weight excluding hydrogens is 391 g/mol. The summed E-state index contributed by atoms with van der Waals surface area (Å²) in [6.45, 7) is 0.162. The average molecular weight is 416 g/mol. The van der Waals surface area contributed by atoms with Crippen molar-refractivity contribution in [3.63, 3.8) is 0 Å². The van der Waals surface area contributed by atoms with Gasteiger partial charge in [0, 0.05) is 24.6 Å². The number of urea groups is 1. The van der Waals surface area contributed by atoms with Crippen LogP contribution in [0, 0.1) is 5.82 Å². The van der Waals surface area contributed by atoms with Crippen molar-refractivity contribution in [3.8, 4) is 0 Å². The minimum atomic E-state index is -0.516. The molecular formula is C21H25FN4O4. The number of nitrogens with one attached hydrogen (secondary N) is 3. The van der Waals surface area contributed by atoms with Crippen LogP contribution in [0.3, 0.4) is 0 Å². The van der Waals surface area contributed by atoms with Crippen LogP contribution < -0.4 is 16.0 Å². The molecule has 1 fully saturated rings. The first-order valence-electron chi connectivity index (χ1n) is 9.83. The Balaban J connectivity index is 1.40. The quantitative estimate of drug-likeness (QED) is 0.552. The lowest BCUT2D eigenvalue weighted by atomic mass is 9.97. The lowest BCUT2D eigenvalue weighted by Gasteiger charge is -2.36. The van der Waals surface area contributed by atoms with Crippen LogP contribution in [-0.2, 0) is 4.74 Å². The molecule has 1 aliphatic rings. The molecule has 1 aromatic heterocycles. The van der Waals surface area contributed by atoms with Gasteiger partial charge in [0.15, 0.2) is 0 Å². The molecule has 1 aromatic carbocycles. The maximum absolute atomic E-state index is 12.9. The summed E-state index contributed by atoms with van der Waals surface area (Å²) in [4.78, 5) is 28.2. The van der Waals surface area contributed by atoms with E-state index in [1.807, 2.05) is 0 Å². The summed E-state index contributed by atoms with van der Waals surface area (Å²) in [6, 6.07) is 8.16. The number of halogens is 1. The van der Waals surface area contributed by atoms with E-state index in [4.69, 9.17) is 4.74 Å². The molecule has 0 aliphatic carbocycles. The fraction of sp³-hybridized carbons (Fsp3) is 0.381. The van der Waals surface area contributed by atoms with Crippen LogP contribution in [0.2, 0.25) is 0 Å². The highest BCUT2D eigenvalue weighted by Crippen LogP contribution is 2.22. The van der Waals surface area contributed by atoms with Crippen molar-refractivity contribution >= 4 is 17.6 Å². The molecule has 8 nitrogen and oxygen atoms in total. The molecule has 0 spiro atoms. The number of amides is 3. The van der Waals surface area contributed by atoms with Gasteiger partial charge < -0.3 is 25.8 Å². The number of benzene rings is 1. The Hall–Kier alpha value is -3.04. The summed E-state index contributed by atoms with van der Waals surface area (Å²) in [5.41, 5.74) is 0.947. The number of ether oxygens (including phenoxy) is 1. The van der Waals surface area contributed by atoms with Gasteiger partial charge in [0.25, 0.3) is 5.91 Å². The van der Waals surface area contributed by atoms with E-state index in [0.717, 1.165) is 0 Å². The minimum absolute atomic E-state index is 0.139. The van der Waals surface area contributed by atoms with Gasteiger partial charge in [0.1, 0.15) is 11.9 Å². The lowest BCUT2D eigenvalue weighted by molar-refractivity contribution is -0.0892. The van der Waals surface area contributed by atoms with E-state index in [-0.39, 0.29) is 30.5 Å². The molecule has 1 saturated heterocycles. The van der Waals surface area contributed by atoms with Crippen molar-refractivity contribution in [3.05, 3.63) is 60.2 Å². The third-order valence-electron chi connectivity index (χ3n) is 4.89. The number of aromatic nitrogens is 1. The molecule has 0 radical (unpaired) electrons. The number of nitrogens with zero attached hydrogens (tertiary/aromatic N) is 1. The van der Waals surface area contributed by atoms with E-state index in [0.29, 0.717) is 37.1 Å². The zero-order valence-electron chi connectivity index (χ0n) is 16.4. The van der Waals surface area contributed by atoms with Gasteiger partial charge in [-0.3, -0.25) is 9.78 Å². The topological polar surface area (TPSA) is 113 Å². The number of anilines is 1. The zero-order chi connectivity index (χ0) is 21.3. The number of carbonyl (C=O) groups excluding carboxylic acids is 2. The summed E-state index contributed by atoms with van der Waals surface area (Å²) < 4.78 is 18.8. The van der Waals surface area contributed by atoms with Crippen molar-refractivity contribution in [1.82, 2.24) is 15.6 Å². The smallest absolute Gasteiger partial charge is 0.319 e. The third kappa shape index (κ3) is 6.23. The minimum Gasteiger partial charge on any atom is -0.394 e. The first-order valence-corrected chi connectivity index (χ1v) is 9.83. The predicted octanol–water partition coefficient (Wildman–Crippen LogP) is 2.07. The molecule has 30 heavy (non-hydrogen) atoms. The van der Waals surface area contributed by atoms with Crippen LogP contribution in [0.5, 0.6) is 0 Å². The molecule has 3 rings (SSSR count). The monoisotopic (exact) mass is 416 g/mol. The van der Waals surface area contributed by atoms with Crippen LogP contribution in [0.15, 0.2) is 48.8 Å². The lowest BCUT2D eigenvalue weighted by Crippen LogP contribution is -2.51. The fourth-order valence-electron chi connectivity index (χ4n) is 3.31. The van der Waals surface area contributed by atoms with Crippen LogP contribution in [0.25, 0.3) is 0 Å².